The highest BCUT2D eigenvalue weighted by Gasteiger charge is 2.28. The molecule has 25 heavy (non-hydrogen) atoms. The van der Waals surface area contributed by atoms with Gasteiger partial charge < -0.3 is 18.9 Å². The van der Waals surface area contributed by atoms with Gasteiger partial charge in [0.2, 0.25) is 6.10 Å². The largest absolute Gasteiger partial charge is 0.489 e. The number of hydrogen-bond acceptors (Lipinski definition) is 6. The number of ketones is 1. The Morgan fingerprint density at radius 2 is 1.76 bits per heavy atom. The van der Waals surface area contributed by atoms with Gasteiger partial charge in [-0.2, -0.15) is 0 Å². The molecule has 0 saturated heterocycles. The summed E-state index contributed by atoms with van der Waals surface area (Å²) in [4.78, 5) is 23.6. The summed E-state index contributed by atoms with van der Waals surface area (Å²) in [6.45, 7) is 1.76. The smallest absolute Gasteiger partial charge is 0.351 e. The summed E-state index contributed by atoms with van der Waals surface area (Å²) in [5.41, 5.74) is 0.495. The number of rotatable bonds is 6. The molecule has 0 aliphatic carbocycles. The van der Waals surface area contributed by atoms with Gasteiger partial charge in [0.1, 0.15) is 25.6 Å². The molecule has 6 nitrogen and oxygen atoms in total. The summed E-state index contributed by atoms with van der Waals surface area (Å²) in [7, 11) is 0. The monoisotopic (exact) mass is 342 g/mol. The Hall–Kier alpha value is -3.02. The minimum atomic E-state index is -0.806. The maximum atomic E-state index is 12.1. The third-order valence-electron chi connectivity index (χ3n) is 3.62. The zero-order valence-corrected chi connectivity index (χ0v) is 13.8. The van der Waals surface area contributed by atoms with Gasteiger partial charge in [-0.3, -0.25) is 4.79 Å². The first kappa shape index (κ1) is 16.8. The maximum Gasteiger partial charge on any atom is 0.351 e. The van der Waals surface area contributed by atoms with Crippen molar-refractivity contribution in [2.45, 2.75) is 13.0 Å². The van der Waals surface area contributed by atoms with E-state index in [0.29, 0.717) is 22.8 Å². The molecule has 0 radical (unpaired) electrons. The number of ether oxygens (including phenoxy) is 4. The lowest BCUT2D eigenvalue weighted by Gasteiger charge is -2.24. The van der Waals surface area contributed by atoms with Gasteiger partial charge in [0.25, 0.3) is 0 Å². The minimum Gasteiger partial charge on any atom is -0.489 e. The highest BCUT2D eigenvalue weighted by Crippen LogP contribution is 2.31. The molecule has 1 aliphatic rings. The Morgan fingerprint density at radius 1 is 1.04 bits per heavy atom. The molecule has 2 aromatic carbocycles. The number of fused-ring (bicyclic) bond motifs is 1. The average molecular weight is 342 g/mol. The molecule has 0 aromatic heterocycles. The van der Waals surface area contributed by atoms with E-state index in [0.717, 1.165) is 0 Å². The van der Waals surface area contributed by atoms with Gasteiger partial charge in [-0.1, -0.05) is 24.3 Å². The number of para-hydroxylation sites is 3. The lowest BCUT2D eigenvalue weighted by molar-refractivity contribution is -0.155. The van der Waals surface area contributed by atoms with Gasteiger partial charge in [0, 0.05) is 0 Å². The van der Waals surface area contributed by atoms with Crippen LogP contribution in [0.2, 0.25) is 0 Å². The van der Waals surface area contributed by atoms with Crippen molar-refractivity contribution in [2.24, 2.45) is 0 Å². The van der Waals surface area contributed by atoms with Crippen molar-refractivity contribution in [3.63, 3.8) is 0 Å². The van der Waals surface area contributed by atoms with Crippen molar-refractivity contribution >= 4 is 11.8 Å². The lowest BCUT2D eigenvalue weighted by atomic mass is 10.1. The standard InChI is InChI=1S/C19H18O6/c1-13(20)14-6-2-3-7-15(14)22-10-11-23-19(21)18-12-24-16-8-4-5-9-17(16)25-18/h2-9,18H,10-12H2,1H3. The van der Waals surface area contributed by atoms with E-state index in [2.05, 4.69) is 0 Å². The van der Waals surface area contributed by atoms with Crippen LogP contribution in [-0.2, 0) is 9.53 Å². The highest BCUT2D eigenvalue weighted by atomic mass is 16.6. The number of hydrogen-bond donors (Lipinski definition) is 0. The van der Waals surface area contributed by atoms with E-state index in [1.165, 1.54) is 6.92 Å². The van der Waals surface area contributed by atoms with Crippen LogP contribution < -0.4 is 14.2 Å². The molecular weight excluding hydrogens is 324 g/mol. The van der Waals surface area contributed by atoms with Gasteiger partial charge in [0.15, 0.2) is 17.3 Å². The molecule has 0 amide bonds. The molecule has 0 saturated carbocycles. The summed E-state index contributed by atoms with van der Waals surface area (Å²) in [6, 6.07) is 14.1. The van der Waals surface area contributed by atoms with E-state index < -0.39 is 12.1 Å². The second kappa shape index (κ2) is 7.70. The van der Waals surface area contributed by atoms with Crippen molar-refractivity contribution in [3.8, 4) is 17.2 Å². The number of benzene rings is 2. The molecule has 3 rings (SSSR count). The Bertz CT molecular complexity index is 770. The van der Waals surface area contributed by atoms with Crippen LogP contribution in [0.3, 0.4) is 0 Å². The molecule has 0 bridgehead atoms. The molecule has 1 aliphatic heterocycles. The zero-order chi connectivity index (χ0) is 17.6. The molecule has 1 atom stereocenters. The van der Waals surface area contributed by atoms with Crippen LogP contribution in [-0.4, -0.2) is 37.7 Å². The number of carbonyl (C=O) groups excluding carboxylic acids is 2. The molecule has 2 aromatic rings. The Morgan fingerprint density at radius 3 is 2.56 bits per heavy atom. The normalized spacial score (nSPS) is 15.3. The summed E-state index contributed by atoms with van der Waals surface area (Å²) in [5.74, 6) is 0.993. The third kappa shape index (κ3) is 4.09. The fraction of sp³-hybridized carbons (Fsp3) is 0.263. The van der Waals surface area contributed by atoms with Crippen molar-refractivity contribution in [2.75, 3.05) is 19.8 Å². The van der Waals surface area contributed by atoms with Gasteiger partial charge in [-0.05, 0) is 31.2 Å². The Balaban J connectivity index is 1.47. The van der Waals surface area contributed by atoms with Gasteiger partial charge in [0.05, 0.1) is 5.56 Å². The molecule has 0 N–H and O–H groups in total. The first-order valence-corrected chi connectivity index (χ1v) is 7.93. The molecule has 130 valence electrons. The summed E-state index contributed by atoms with van der Waals surface area (Å²) >= 11 is 0. The summed E-state index contributed by atoms with van der Waals surface area (Å²) < 4.78 is 21.7. The molecular formula is C19H18O6. The molecule has 0 fully saturated rings. The molecule has 0 spiro atoms. The highest BCUT2D eigenvalue weighted by molar-refractivity contribution is 5.96. The van der Waals surface area contributed by atoms with Crippen LogP contribution in [0, 0.1) is 0 Å². The van der Waals surface area contributed by atoms with Gasteiger partial charge in [-0.15, -0.1) is 0 Å². The van der Waals surface area contributed by atoms with Gasteiger partial charge >= 0.3 is 5.97 Å². The number of carbonyl (C=O) groups is 2. The minimum absolute atomic E-state index is 0.0482. The van der Waals surface area contributed by atoms with E-state index >= 15 is 0 Å². The van der Waals surface area contributed by atoms with E-state index in [4.69, 9.17) is 18.9 Å². The molecule has 6 heteroatoms. The molecule has 1 heterocycles. The lowest BCUT2D eigenvalue weighted by Crippen LogP contribution is -2.38. The summed E-state index contributed by atoms with van der Waals surface area (Å²) in [6.07, 6.45) is -0.806. The van der Waals surface area contributed by atoms with Crippen LogP contribution in [0.4, 0.5) is 0 Å². The number of esters is 1. The Labute approximate surface area is 145 Å². The van der Waals surface area contributed by atoms with E-state index in [9.17, 15) is 9.59 Å². The third-order valence-corrected chi connectivity index (χ3v) is 3.62. The quantitative estimate of drug-likeness (QED) is 0.457. The fourth-order valence-electron chi connectivity index (χ4n) is 2.41. The van der Waals surface area contributed by atoms with E-state index in [1.54, 1.807) is 42.5 Å². The van der Waals surface area contributed by atoms with Crippen LogP contribution >= 0.6 is 0 Å². The SMILES string of the molecule is CC(=O)c1ccccc1OCCOC(=O)C1COc2ccccc2O1. The predicted octanol–water partition coefficient (Wildman–Crippen LogP) is 2.65. The maximum absolute atomic E-state index is 12.1. The second-order valence-electron chi connectivity index (χ2n) is 5.43. The van der Waals surface area contributed by atoms with Crippen molar-refractivity contribution < 1.29 is 28.5 Å². The van der Waals surface area contributed by atoms with Crippen molar-refractivity contribution in [1.82, 2.24) is 0 Å². The van der Waals surface area contributed by atoms with Crippen LogP contribution in [0.5, 0.6) is 17.2 Å². The van der Waals surface area contributed by atoms with Crippen LogP contribution in [0.1, 0.15) is 17.3 Å². The van der Waals surface area contributed by atoms with Crippen molar-refractivity contribution in [1.29, 1.82) is 0 Å². The second-order valence-corrected chi connectivity index (χ2v) is 5.43. The van der Waals surface area contributed by atoms with Crippen molar-refractivity contribution in [3.05, 3.63) is 54.1 Å². The average Bonchev–Trinajstić information content (AvgIpc) is 2.64. The van der Waals surface area contributed by atoms with Crippen LogP contribution in [0.15, 0.2) is 48.5 Å². The topological polar surface area (TPSA) is 71.1 Å². The predicted molar refractivity (Wildman–Crippen MR) is 89.3 cm³/mol. The van der Waals surface area contributed by atoms with Crippen LogP contribution in [0.25, 0.3) is 0 Å². The molecule has 1 unspecified atom stereocenters. The van der Waals surface area contributed by atoms with E-state index in [1.807, 2.05) is 6.07 Å². The van der Waals surface area contributed by atoms with Gasteiger partial charge in [-0.25, -0.2) is 4.79 Å². The zero-order valence-electron chi connectivity index (χ0n) is 13.8. The number of Topliss-reactive ketones (excluding diaryl/α,β-unsaturated/α-hetero) is 1. The van der Waals surface area contributed by atoms with E-state index in [-0.39, 0.29) is 25.6 Å². The summed E-state index contributed by atoms with van der Waals surface area (Å²) in [5, 5.41) is 0. The Kier molecular flexibility index (Phi) is 5.18. The first-order valence-electron chi connectivity index (χ1n) is 7.93. The first-order chi connectivity index (χ1) is 12.1. The fourth-order valence-corrected chi connectivity index (χ4v) is 2.41.